The van der Waals surface area contributed by atoms with Crippen molar-refractivity contribution in [2.24, 2.45) is 0 Å². The average Bonchev–Trinajstić information content (AvgIpc) is 3.15. The zero-order chi connectivity index (χ0) is 18.4. The van der Waals surface area contributed by atoms with Gasteiger partial charge in [0.1, 0.15) is 0 Å². The van der Waals surface area contributed by atoms with Gasteiger partial charge in [0, 0.05) is 18.7 Å². The third-order valence-corrected chi connectivity index (χ3v) is 4.70. The molecule has 3 rings (SSSR count). The molecule has 27 heavy (non-hydrogen) atoms. The van der Waals surface area contributed by atoms with E-state index in [9.17, 15) is 4.79 Å². The SMILES string of the molecule is Cl.O=C(O)CCc1ccc(Nc2ncc(Cl)c(CC[C@H]3CCCO3)n2)cc1. The van der Waals surface area contributed by atoms with Crippen molar-refractivity contribution in [3.8, 4) is 0 Å². The van der Waals surface area contributed by atoms with Crippen molar-refractivity contribution in [1.82, 2.24) is 9.97 Å². The van der Waals surface area contributed by atoms with Gasteiger partial charge in [-0.3, -0.25) is 4.79 Å². The highest BCUT2D eigenvalue weighted by Crippen LogP contribution is 2.22. The molecule has 6 nitrogen and oxygen atoms in total. The summed E-state index contributed by atoms with van der Waals surface area (Å²) in [6, 6.07) is 7.58. The van der Waals surface area contributed by atoms with E-state index in [1.54, 1.807) is 6.20 Å². The van der Waals surface area contributed by atoms with Gasteiger partial charge in [0.25, 0.3) is 0 Å². The fraction of sp³-hybridized carbons (Fsp3) is 0.421. The summed E-state index contributed by atoms with van der Waals surface area (Å²) in [4.78, 5) is 19.4. The lowest BCUT2D eigenvalue weighted by Crippen LogP contribution is -2.08. The van der Waals surface area contributed by atoms with Crippen LogP contribution in [0.3, 0.4) is 0 Å². The Kier molecular flexibility index (Phi) is 8.28. The minimum absolute atomic E-state index is 0. The van der Waals surface area contributed by atoms with Crippen LogP contribution in [0.1, 0.15) is 36.9 Å². The molecule has 8 heteroatoms. The average molecular weight is 412 g/mol. The van der Waals surface area contributed by atoms with E-state index in [0.29, 0.717) is 23.5 Å². The number of carbonyl (C=O) groups is 1. The van der Waals surface area contributed by atoms with Crippen molar-refractivity contribution in [2.75, 3.05) is 11.9 Å². The van der Waals surface area contributed by atoms with E-state index in [1.807, 2.05) is 24.3 Å². The quantitative estimate of drug-likeness (QED) is 0.668. The zero-order valence-electron chi connectivity index (χ0n) is 14.9. The molecule has 2 aromatic rings. The number of aromatic nitrogens is 2. The number of aliphatic carboxylic acids is 1. The molecule has 1 fully saturated rings. The first-order valence-electron chi connectivity index (χ1n) is 8.81. The number of nitrogens with zero attached hydrogens (tertiary/aromatic N) is 2. The molecular formula is C19H23Cl2N3O3. The number of carboxylic acid groups (broad SMARTS) is 1. The van der Waals surface area contributed by atoms with Gasteiger partial charge in [-0.15, -0.1) is 12.4 Å². The van der Waals surface area contributed by atoms with E-state index < -0.39 is 5.97 Å². The molecule has 0 aliphatic carbocycles. The molecule has 1 aromatic carbocycles. The number of benzene rings is 1. The highest BCUT2D eigenvalue weighted by atomic mass is 35.5. The standard InChI is InChI=1S/C19H22ClN3O3.ClH/c20-16-12-21-19(23-17(16)9-8-15-2-1-11-26-15)22-14-6-3-13(4-7-14)5-10-18(24)25;/h3-4,6-7,12,15H,1-2,5,8-11H2,(H,24,25)(H,21,22,23);1H/t15-;/m1./s1. The molecule has 0 radical (unpaired) electrons. The summed E-state index contributed by atoms with van der Waals surface area (Å²) in [7, 11) is 0. The van der Waals surface area contributed by atoms with Crippen molar-refractivity contribution in [1.29, 1.82) is 0 Å². The number of rotatable bonds is 8. The second-order valence-electron chi connectivity index (χ2n) is 6.38. The second kappa shape index (κ2) is 10.4. The molecule has 2 N–H and O–H groups in total. The van der Waals surface area contributed by atoms with Crippen LogP contribution in [-0.2, 0) is 22.4 Å². The zero-order valence-corrected chi connectivity index (χ0v) is 16.4. The summed E-state index contributed by atoms with van der Waals surface area (Å²) in [5, 5.41) is 12.5. The van der Waals surface area contributed by atoms with E-state index in [2.05, 4.69) is 15.3 Å². The number of nitrogens with one attached hydrogen (secondary N) is 1. The number of hydrogen-bond acceptors (Lipinski definition) is 5. The molecule has 1 saturated heterocycles. The molecule has 1 aliphatic heterocycles. The number of ether oxygens (including phenoxy) is 1. The van der Waals surface area contributed by atoms with Crippen molar-refractivity contribution >= 4 is 41.6 Å². The molecular weight excluding hydrogens is 389 g/mol. The fourth-order valence-electron chi connectivity index (χ4n) is 2.94. The Balaban J connectivity index is 0.00000261. The van der Waals surface area contributed by atoms with Crippen molar-refractivity contribution in [3.05, 3.63) is 46.7 Å². The van der Waals surface area contributed by atoms with Crippen LogP contribution in [0.2, 0.25) is 5.02 Å². The Morgan fingerprint density at radius 3 is 2.74 bits per heavy atom. The van der Waals surface area contributed by atoms with Gasteiger partial charge < -0.3 is 15.2 Å². The van der Waals surface area contributed by atoms with Gasteiger partial charge in [0.05, 0.1) is 23.0 Å². The summed E-state index contributed by atoms with van der Waals surface area (Å²) in [5.74, 6) is -0.299. The van der Waals surface area contributed by atoms with Gasteiger partial charge in [-0.05, 0) is 49.8 Å². The molecule has 1 aromatic heterocycles. The number of halogens is 2. The van der Waals surface area contributed by atoms with E-state index in [-0.39, 0.29) is 18.8 Å². The smallest absolute Gasteiger partial charge is 0.303 e. The maximum absolute atomic E-state index is 10.6. The van der Waals surface area contributed by atoms with Crippen LogP contribution in [0.5, 0.6) is 0 Å². The van der Waals surface area contributed by atoms with Crippen LogP contribution in [0.15, 0.2) is 30.5 Å². The second-order valence-corrected chi connectivity index (χ2v) is 6.78. The van der Waals surface area contributed by atoms with Crippen LogP contribution >= 0.6 is 24.0 Å². The topological polar surface area (TPSA) is 84.3 Å². The van der Waals surface area contributed by atoms with Gasteiger partial charge in [0.15, 0.2) is 0 Å². The van der Waals surface area contributed by atoms with Gasteiger partial charge >= 0.3 is 5.97 Å². The van der Waals surface area contributed by atoms with E-state index in [0.717, 1.165) is 49.2 Å². The first kappa shape index (κ1) is 21.4. The van der Waals surface area contributed by atoms with Gasteiger partial charge in [-0.25, -0.2) is 9.97 Å². The van der Waals surface area contributed by atoms with Crippen LogP contribution in [0, 0.1) is 0 Å². The maximum atomic E-state index is 10.6. The molecule has 1 aliphatic rings. The third-order valence-electron chi connectivity index (χ3n) is 4.38. The summed E-state index contributed by atoms with van der Waals surface area (Å²) < 4.78 is 5.65. The summed E-state index contributed by atoms with van der Waals surface area (Å²) in [6.07, 6.45) is 6.45. The van der Waals surface area contributed by atoms with E-state index in [1.165, 1.54) is 0 Å². The number of aryl methyl sites for hydroxylation is 2. The number of hydrogen-bond donors (Lipinski definition) is 2. The lowest BCUT2D eigenvalue weighted by atomic mass is 10.1. The van der Waals surface area contributed by atoms with Crippen molar-refractivity contribution in [3.63, 3.8) is 0 Å². The molecule has 0 spiro atoms. The summed E-state index contributed by atoms with van der Waals surface area (Å²) >= 11 is 6.22. The largest absolute Gasteiger partial charge is 0.481 e. The van der Waals surface area contributed by atoms with Gasteiger partial charge in [0.2, 0.25) is 5.95 Å². The third kappa shape index (κ3) is 6.65. The van der Waals surface area contributed by atoms with E-state index >= 15 is 0 Å². The number of carboxylic acids is 1. The lowest BCUT2D eigenvalue weighted by Gasteiger charge is -2.11. The minimum Gasteiger partial charge on any atom is -0.481 e. The van der Waals surface area contributed by atoms with E-state index in [4.69, 9.17) is 21.4 Å². The van der Waals surface area contributed by atoms with Crippen LogP contribution in [-0.4, -0.2) is 33.8 Å². The summed E-state index contributed by atoms with van der Waals surface area (Å²) in [5.41, 5.74) is 2.64. The molecule has 0 saturated carbocycles. The van der Waals surface area contributed by atoms with Gasteiger partial charge in [-0.1, -0.05) is 23.7 Å². The first-order valence-corrected chi connectivity index (χ1v) is 9.19. The molecule has 0 amide bonds. The predicted molar refractivity (Wildman–Crippen MR) is 107 cm³/mol. The van der Waals surface area contributed by atoms with Crippen molar-refractivity contribution in [2.45, 2.75) is 44.6 Å². The van der Waals surface area contributed by atoms with Gasteiger partial charge in [-0.2, -0.15) is 0 Å². The monoisotopic (exact) mass is 411 g/mol. The Hall–Kier alpha value is -1.89. The Morgan fingerprint density at radius 1 is 1.30 bits per heavy atom. The highest BCUT2D eigenvalue weighted by molar-refractivity contribution is 6.31. The Morgan fingerprint density at radius 2 is 2.07 bits per heavy atom. The number of anilines is 2. The Labute approximate surface area is 169 Å². The highest BCUT2D eigenvalue weighted by Gasteiger charge is 2.16. The Bertz CT molecular complexity index is 750. The van der Waals surface area contributed by atoms with Crippen LogP contribution in [0.4, 0.5) is 11.6 Å². The molecule has 1 atom stereocenters. The molecule has 0 bridgehead atoms. The normalized spacial score (nSPS) is 16.0. The van der Waals surface area contributed by atoms with Crippen molar-refractivity contribution < 1.29 is 14.6 Å². The van der Waals surface area contributed by atoms with Crippen LogP contribution in [0.25, 0.3) is 0 Å². The first-order chi connectivity index (χ1) is 12.6. The maximum Gasteiger partial charge on any atom is 0.303 e. The predicted octanol–water partition coefficient (Wildman–Crippen LogP) is 4.42. The summed E-state index contributed by atoms with van der Waals surface area (Å²) in [6.45, 7) is 0.845. The minimum atomic E-state index is -0.794. The molecule has 146 valence electrons. The molecule has 0 unspecified atom stereocenters. The fourth-order valence-corrected chi connectivity index (χ4v) is 3.13. The molecule has 2 heterocycles. The lowest BCUT2D eigenvalue weighted by molar-refractivity contribution is -0.136. The van der Waals surface area contributed by atoms with Crippen LogP contribution < -0.4 is 5.32 Å².